The molecule has 0 radical (unpaired) electrons. The van der Waals surface area contributed by atoms with Crippen LogP contribution in [0.4, 0.5) is 5.69 Å². The van der Waals surface area contributed by atoms with Crippen LogP contribution in [0.3, 0.4) is 0 Å². The fourth-order valence-electron chi connectivity index (χ4n) is 1.40. The first-order valence-corrected chi connectivity index (χ1v) is 5.40. The quantitative estimate of drug-likeness (QED) is 0.790. The van der Waals surface area contributed by atoms with E-state index in [4.69, 9.17) is 10.00 Å². The number of hydrogen-bond donors (Lipinski definition) is 1. The second-order valence-electron chi connectivity index (χ2n) is 3.86. The molecule has 0 saturated carbocycles. The van der Waals surface area contributed by atoms with Crippen LogP contribution >= 0.6 is 0 Å². The Bertz CT molecular complexity index is 449. The number of anilines is 1. The zero-order valence-electron chi connectivity index (χ0n) is 10.3. The van der Waals surface area contributed by atoms with Crippen LogP contribution in [-0.4, -0.2) is 25.5 Å². The van der Waals surface area contributed by atoms with Crippen molar-refractivity contribution in [1.82, 2.24) is 0 Å². The number of Topliss-reactive ketones (excluding diaryl/α,β-unsaturated/α-hetero) is 1. The summed E-state index contributed by atoms with van der Waals surface area (Å²) in [5, 5.41) is 12.0. The highest BCUT2D eigenvalue weighted by Crippen LogP contribution is 2.18. The van der Waals surface area contributed by atoms with E-state index in [1.807, 2.05) is 6.92 Å². The van der Waals surface area contributed by atoms with E-state index in [-0.39, 0.29) is 11.9 Å². The van der Waals surface area contributed by atoms with Gasteiger partial charge in [-0.05, 0) is 32.0 Å². The minimum atomic E-state index is -0.0259. The zero-order chi connectivity index (χ0) is 12.8. The molecule has 0 aliphatic carbocycles. The Hall–Kier alpha value is -1.86. The van der Waals surface area contributed by atoms with Crippen LogP contribution in [0.25, 0.3) is 0 Å². The molecule has 0 heterocycles. The number of carbonyl (C=O) groups is 1. The molecule has 0 spiro atoms. The van der Waals surface area contributed by atoms with Crippen LogP contribution < -0.4 is 5.32 Å². The molecule has 17 heavy (non-hydrogen) atoms. The van der Waals surface area contributed by atoms with Crippen molar-refractivity contribution >= 4 is 11.5 Å². The lowest BCUT2D eigenvalue weighted by molar-refractivity contribution is 0.101. The van der Waals surface area contributed by atoms with Gasteiger partial charge in [0, 0.05) is 24.9 Å². The third-order valence-electron chi connectivity index (χ3n) is 2.51. The molecule has 4 heteroatoms. The van der Waals surface area contributed by atoms with Gasteiger partial charge < -0.3 is 10.1 Å². The van der Waals surface area contributed by atoms with Crippen molar-refractivity contribution in [2.45, 2.75) is 20.0 Å². The molecule has 0 fully saturated rings. The molecule has 0 aliphatic rings. The first-order chi connectivity index (χ1) is 8.08. The lowest BCUT2D eigenvalue weighted by Gasteiger charge is -2.14. The van der Waals surface area contributed by atoms with Gasteiger partial charge in [-0.3, -0.25) is 4.79 Å². The number of nitrogens with one attached hydrogen (secondary N) is 1. The number of nitriles is 1. The van der Waals surface area contributed by atoms with Crippen LogP contribution in [0.2, 0.25) is 0 Å². The molecule has 90 valence electrons. The SMILES string of the molecule is COC(C)CNc1cc(C#N)ccc1C(C)=O. The van der Waals surface area contributed by atoms with Gasteiger partial charge in [-0.25, -0.2) is 0 Å². The summed E-state index contributed by atoms with van der Waals surface area (Å²) < 4.78 is 5.12. The minimum Gasteiger partial charge on any atom is -0.382 e. The van der Waals surface area contributed by atoms with Crippen molar-refractivity contribution in [2.75, 3.05) is 19.0 Å². The molecule has 1 aromatic carbocycles. The van der Waals surface area contributed by atoms with E-state index in [2.05, 4.69) is 11.4 Å². The van der Waals surface area contributed by atoms with Crippen molar-refractivity contribution in [2.24, 2.45) is 0 Å². The lowest BCUT2D eigenvalue weighted by Crippen LogP contribution is -2.19. The van der Waals surface area contributed by atoms with Gasteiger partial charge in [0.2, 0.25) is 0 Å². The molecule has 0 saturated heterocycles. The topological polar surface area (TPSA) is 62.1 Å². The normalized spacial score (nSPS) is 11.6. The maximum atomic E-state index is 11.4. The van der Waals surface area contributed by atoms with Crippen molar-refractivity contribution in [3.8, 4) is 6.07 Å². The van der Waals surface area contributed by atoms with Gasteiger partial charge in [-0.15, -0.1) is 0 Å². The Labute approximate surface area is 101 Å². The molecule has 0 amide bonds. The van der Waals surface area contributed by atoms with Gasteiger partial charge in [0.25, 0.3) is 0 Å². The number of hydrogen-bond acceptors (Lipinski definition) is 4. The van der Waals surface area contributed by atoms with E-state index in [0.29, 0.717) is 23.4 Å². The third-order valence-corrected chi connectivity index (χ3v) is 2.51. The summed E-state index contributed by atoms with van der Waals surface area (Å²) >= 11 is 0. The van der Waals surface area contributed by atoms with Crippen LogP contribution in [0.5, 0.6) is 0 Å². The van der Waals surface area contributed by atoms with Crippen molar-refractivity contribution in [3.63, 3.8) is 0 Å². The van der Waals surface area contributed by atoms with Crippen LogP contribution in [-0.2, 0) is 4.74 Å². The fourth-order valence-corrected chi connectivity index (χ4v) is 1.40. The standard InChI is InChI=1S/C13H16N2O2/c1-9(17-3)8-15-13-6-11(7-14)4-5-12(13)10(2)16/h4-6,9,15H,8H2,1-3H3. The van der Waals surface area contributed by atoms with Gasteiger partial charge in [-0.1, -0.05) is 0 Å². The third kappa shape index (κ3) is 3.58. The average Bonchev–Trinajstić information content (AvgIpc) is 2.35. The largest absolute Gasteiger partial charge is 0.382 e. The minimum absolute atomic E-state index is 0.0259. The molecule has 1 unspecified atom stereocenters. The zero-order valence-corrected chi connectivity index (χ0v) is 10.3. The fraction of sp³-hybridized carbons (Fsp3) is 0.385. The van der Waals surface area contributed by atoms with Crippen molar-refractivity contribution in [1.29, 1.82) is 5.26 Å². The first-order valence-electron chi connectivity index (χ1n) is 5.40. The van der Waals surface area contributed by atoms with E-state index in [9.17, 15) is 4.79 Å². The van der Waals surface area contributed by atoms with E-state index in [0.717, 1.165) is 0 Å². The average molecular weight is 232 g/mol. The van der Waals surface area contributed by atoms with Crippen LogP contribution in [0, 0.1) is 11.3 Å². The van der Waals surface area contributed by atoms with Crippen molar-refractivity contribution < 1.29 is 9.53 Å². The van der Waals surface area contributed by atoms with Gasteiger partial charge >= 0.3 is 0 Å². The summed E-state index contributed by atoms with van der Waals surface area (Å²) in [6.45, 7) is 4.02. The Morgan fingerprint density at radius 1 is 1.59 bits per heavy atom. The Balaban J connectivity index is 2.94. The number of rotatable bonds is 5. The highest BCUT2D eigenvalue weighted by molar-refractivity contribution is 5.99. The molecule has 1 atom stereocenters. The van der Waals surface area contributed by atoms with Crippen molar-refractivity contribution in [3.05, 3.63) is 29.3 Å². The molecule has 0 bridgehead atoms. The van der Waals surface area contributed by atoms with E-state index >= 15 is 0 Å². The first kappa shape index (κ1) is 13.2. The Morgan fingerprint density at radius 2 is 2.29 bits per heavy atom. The summed E-state index contributed by atoms with van der Waals surface area (Å²) in [5.74, 6) is -0.0259. The highest BCUT2D eigenvalue weighted by Gasteiger charge is 2.09. The summed E-state index contributed by atoms with van der Waals surface area (Å²) in [5.41, 5.74) is 1.80. The Morgan fingerprint density at radius 3 is 2.82 bits per heavy atom. The second kappa shape index (κ2) is 6.02. The molecular weight excluding hydrogens is 216 g/mol. The maximum Gasteiger partial charge on any atom is 0.161 e. The highest BCUT2D eigenvalue weighted by atomic mass is 16.5. The smallest absolute Gasteiger partial charge is 0.161 e. The summed E-state index contributed by atoms with van der Waals surface area (Å²) in [7, 11) is 1.63. The van der Waals surface area contributed by atoms with Crippen LogP contribution in [0.15, 0.2) is 18.2 Å². The van der Waals surface area contributed by atoms with Gasteiger partial charge in [0.15, 0.2) is 5.78 Å². The molecule has 0 aromatic heterocycles. The number of methoxy groups -OCH3 is 1. The Kier molecular flexibility index (Phi) is 4.68. The predicted octanol–water partition coefficient (Wildman–Crippen LogP) is 2.21. The summed E-state index contributed by atoms with van der Waals surface area (Å²) in [4.78, 5) is 11.4. The molecule has 1 N–H and O–H groups in total. The summed E-state index contributed by atoms with van der Waals surface area (Å²) in [6, 6.07) is 7.04. The van der Waals surface area contributed by atoms with E-state index in [1.165, 1.54) is 6.92 Å². The number of ketones is 1. The maximum absolute atomic E-state index is 11.4. The molecular formula is C13H16N2O2. The van der Waals surface area contributed by atoms with E-state index < -0.39 is 0 Å². The van der Waals surface area contributed by atoms with Crippen LogP contribution in [0.1, 0.15) is 29.8 Å². The van der Waals surface area contributed by atoms with E-state index in [1.54, 1.807) is 25.3 Å². The number of carbonyl (C=O) groups excluding carboxylic acids is 1. The van der Waals surface area contributed by atoms with Gasteiger partial charge in [0.1, 0.15) is 0 Å². The summed E-state index contributed by atoms with van der Waals surface area (Å²) in [6.07, 6.45) is 0.0422. The van der Waals surface area contributed by atoms with Gasteiger partial charge in [0.05, 0.1) is 17.7 Å². The molecule has 0 aliphatic heterocycles. The monoisotopic (exact) mass is 232 g/mol. The lowest BCUT2D eigenvalue weighted by atomic mass is 10.1. The predicted molar refractivity (Wildman–Crippen MR) is 66.1 cm³/mol. The second-order valence-corrected chi connectivity index (χ2v) is 3.86. The van der Waals surface area contributed by atoms with Gasteiger partial charge in [-0.2, -0.15) is 5.26 Å². The molecule has 1 aromatic rings. The number of benzene rings is 1. The number of ether oxygens (including phenoxy) is 1. The number of nitrogens with zero attached hydrogens (tertiary/aromatic N) is 1. The molecule has 4 nitrogen and oxygen atoms in total. The molecule has 1 rings (SSSR count).